The first-order valence-corrected chi connectivity index (χ1v) is 7.69. The first kappa shape index (κ1) is 12.5. The Morgan fingerprint density at radius 3 is 2.62 bits per heavy atom. The van der Waals surface area contributed by atoms with Gasteiger partial charge < -0.3 is 4.90 Å². The standard InChI is InChI=1S/C18H19N3/c1-2-10-20(11-3-1)17-6-4-5-15(13-17)16-8-12-21-18(14-16)7-9-19-21/h4-9,12-14H,1-3,10-11H2. The Kier molecular flexibility index (Phi) is 3.11. The molecule has 0 spiro atoms. The molecule has 0 radical (unpaired) electrons. The average Bonchev–Trinajstić information content (AvgIpc) is 3.03. The maximum absolute atomic E-state index is 4.25. The van der Waals surface area contributed by atoms with Crippen LogP contribution >= 0.6 is 0 Å². The Morgan fingerprint density at radius 2 is 1.71 bits per heavy atom. The van der Waals surface area contributed by atoms with E-state index < -0.39 is 0 Å². The number of benzene rings is 1. The molecular weight excluding hydrogens is 258 g/mol. The summed E-state index contributed by atoms with van der Waals surface area (Å²) in [5, 5.41) is 4.25. The van der Waals surface area contributed by atoms with Gasteiger partial charge in [0.1, 0.15) is 0 Å². The van der Waals surface area contributed by atoms with E-state index in [9.17, 15) is 0 Å². The highest BCUT2D eigenvalue weighted by atomic mass is 15.2. The molecule has 0 aliphatic carbocycles. The lowest BCUT2D eigenvalue weighted by atomic mass is 10.0. The predicted molar refractivity (Wildman–Crippen MR) is 86.7 cm³/mol. The number of rotatable bonds is 2. The second-order valence-corrected chi connectivity index (χ2v) is 5.71. The van der Waals surface area contributed by atoms with E-state index in [0.717, 1.165) is 5.52 Å². The van der Waals surface area contributed by atoms with Crippen LogP contribution in [0.4, 0.5) is 5.69 Å². The van der Waals surface area contributed by atoms with Crippen molar-refractivity contribution in [2.75, 3.05) is 18.0 Å². The molecule has 21 heavy (non-hydrogen) atoms. The summed E-state index contributed by atoms with van der Waals surface area (Å²) in [6.45, 7) is 2.37. The van der Waals surface area contributed by atoms with Crippen molar-refractivity contribution in [3.63, 3.8) is 0 Å². The van der Waals surface area contributed by atoms with Gasteiger partial charge in [-0.15, -0.1) is 0 Å². The largest absolute Gasteiger partial charge is 0.372 e. The molecule has 1 fully saturated rings. The van der Waals surface area contributed by atoms with Crippen molar-refractivity contribution in [3.8, 4) is 11.1 Å². The molecule has 2 aromatic heterocycles. The third-order valence-electron chi connectivity index (χ3n) is 4.30. The fourth-order valence-corrected chi connectivity index (χ4v) is 3.14. The number of anilines is 1. The molecule has 0 amide bonds. The lowest BCUT2D eigenvalue weighted by Crippen LogP contribution is -2.29. The van der Waals surface area contributed by atoms with Crippen molar-refractivity contribution in [2.24, 2.45) is 0 Å². The van der Waals surface area contributed by atoms with Gasteiger partial charge >= 0.3 is 0 Å². The Morgan fingerprint density at radius 1 is 0.857 bits per heavy atom. The molecule has 1 aromatic carbocycles. The van der Waals surface area contributed by atoms with E-state index >= 15 is 0 Å². The molecule has 1 aliphatic heterocycles. The van der Waals surface area contributed by atoms with E-state index in [1.165, 1.54) is 49.2 Å². The Hall–Kier alpha value is -2.29. The Bertz CT molecular complexity index is 754. The van der Waals surface area contributed by atoms with Gasteiger partial charge in [-0.2, -0.15) is 5.10 Å². The highest BCUT2D eigenvalue weighted by molar-refractivity contribution is 5.72. The minimum absolute atomic E-state index is 1.14. The highest BCUT2D eigenvalue weighted by Crippen LogP contribution is 2.27. The molecule has 3 heteroatoms. The van der Waals surface area contributed by atoms with Gasteiger partial charge in [0.25, 0.3) is 0 Å². The summed E-state index contributed by atoms with van der Waals surface area (Å²) in [5.74, 6) is 0. The lowest BCUT2D eigenvalue weighted by molar-refractivity contribution is 0.578. The molecule has 0 bridgehead atoms. The van der Waals surface area contributed by atoms with Crippen LogP contribution in [0, 0.1) is 0 Å². The second-order valence-electron chi connectivity index (χ2n) is 5.71. The van der Waals surface area contributed by atoms with E-state index in [2.05, 4.69) is 46.4 Å². The number of hydrogen-bond donors (Lipinski definition) is 0. The van der Waals surface area contributed by atoms with Crippen molar-refractivity contribution in [1.82, 2.24) is 9.61 Å². The van der Waals surface area contributed by atoms with E-state index in [-0.39, 0.29) is 0 Å². The Balaban J connectivity index is 1.70. The summed E-state index contributed by atoms with van der Waals surface area (Å²) in [6.07, 6.45) is 7.85. The zero-order chi connectivity index (χ0) is 14.1. The van der Waals surface area contributed by atoms with Gasteiger partial charge in [-0.1, -0.05) is 12.1 Å². The maximum Gasteiger partial charge on any atom is 0.0667 e. The number of pyridine rings is 1. The van der Waals surface area contributed by atoms with E-state index in [1.807, 2.05) is 23.0 Å². The minimum atomic E-state index is 1.14. The third kappa shape index (κ3) is 2.40. The summed E-state index contributed by atoms with van der Waals surface area (Å²) < 4.78 is 1.90. The van der Waals surface area contributed by atoms with E-state index in [1.54, 1.807) is 0 Å². The molecule has 3 aromatic rings. The van der Waals surface area contributed by atoms with Crippen molar-refractivity contribution in [1.29, 1.82) is 0 Å². The second kappa shape index (κ2) is 5.24. The number of hydrogen-bond acceptors (Lipinski definition) is 2. The summed E-state index contributed by atoms with van der Waals surface area (Å²) in [7, 11) is 0. The molecule has 0 saturated carbocycles. The summed E-state index contributed by atoms with van der Waals surface area (Å²) in [6, 6.07) is 15.3. The van der Waals surface area contributed by atoms with Crippen LogP contribution in [0.5, 0.6) is 0 Å². The maximum atomic E-state index is 4.25. The molecule has 0 atom stereocenters. The van der Waals surface area contributed by atoms with E-state index in [0.29, 0.717) is 0 Å². The summed E-state index contributed by atoms with van der Waals surface area (Å²) in [4.78, 5) is 2.50. The third-order valence-corrected chi connectivity index (χ3v) is 4.30. The molecule has 0 unspecified atom stereocenters. The predicted octanol–water partition coefficient (Wildman–Crippen LogP) is 3.99. The molecule has 3 nitrogen and oxygen atoms in total. The molecule has 3 heterocycles. The zero-order valence-electron chi connectivity index (χ0n) is 12.1. The SMILES string of the molecule is c1cc(-c2ccn3nccc3c2)cc(N2CCCCC2)c1. The van der Waals surface area contributed by atoms with Crippen LogP contribution in [0.2, 0.25) is 0 Å². The summed E-state index contributed by atoms with van der Waals surface area (Å²) in [5.41, 5.74) is 5.01. The number of piperidine rings is 1. The van der Waals surface area contributed by atoms with Gasteiger partial charge in [0, 0.05) is 31.2 Å². The average molecular weight is 277 g/mol. The Labute approximate surface area is 124 Å². The van der Waals surface area contributed by atoms with Crippen LogP contribution in [-0.4, -0.2) is 22.7 Å². The molecule has 1 saturated heterocycles. The number of nitrogens with zero attached hydrogens (tertiary/aromatic N) is 3. The lowest BCUT2D eigenvalue weighted by Gasteiger charge is -2.29. The van der Waals surface area contributed by atoms with Gasteiger partial charge in [0.15, 0.2) is 0 Å². The van der Waals surface area contributed by atoms with Crippen molar-refractivity contribution >= 4 is 11.2 Å². The highest BCUT2D eigenvalue weighted by Gasteiger charge is 2.11. The molecule has 4 rings (SSSR count). The van der Waals surface area contributed by atoms with Gasteiger partial charge in [-0.05, 0) is 60.7 Å². The topological polar surface area (TPSA) is 20.5 Å². The molecule has 0 N–H and O–H groups in total. The van der Waals surface area contributed by atoms with Crippen molar-refractivity contribution in [2.45, 2.75) is 19.3 Å². The monoisotopic (exact) mass is 277 g/mol. The van der Waals surface area contributed by atoms with Gasteiger partial charge in [-0.25, -0.2) is 4.52 Å². The van der Waals surface area contributed by atoms with Gasteiger partial charge in [0.2, 0.25) is 0 Å². The van der Waals surface area contributed by atoms with Gasteiger partial charge in [0.05, 0.1) is 5.52 Å². The first-order chi connectivity index (χ1) is 10.4. The minimum Gasteiger partial charge on any atom is -0.372 e. The molecule has 106 valence electrons. The van der Waals surface area contributed by atoms with E-state index in [4.69, 9.17) is 0 Å². The fourth-order valence-electron chi connectivity index (χ4n) is 3.14. The van der Waals surface area contributed by atoms with Crippen LogP contribution in [0.25, 0.3) is 16.6 Å². The zero-order valence-corrected chi connectivity index (χ0v) is 12.1. The molecular formula is C18H19N3. The fraction of sp³-hybridized carbons (Fsp3) is 0.278. The summed E-state index contributed by atoms with van der Waals surface area (Å²) >= 11 is 0. The van der Waals surface area contributed by atoms with Crippen LogP contribution in [-0.2, 0) is 0 Å². The van der Waals surface area contributed by atoms with Crippen LogP contribution in [0.3, 0.4) is 0 Å². The quantitative estimate of drug-likeness (QED) is 0.706. The van der Waals surface area contributed by atoms with Gasteiger partial charge in [-0.3, -0.25) is 0 Å². The van der Waals surface area contributed by atoms with Crippen molar-refractivity contribution < 1.29 is 0 Å². The van der Waals surface area contributed by atoms with Crippen LogP contribution < -0.4 is 4.90 Å². The van der Waals surface area contributed by atoms with Crippen LogP contribution in [0.1, 0.15) is 19.3 Å². The number of fused-ring (bicyclic) bond motifs is 1. The normalized spacial score (nSPS) is 15.5. The smallest absolute Gasteiger partial charge is 0.0667 e. The van der Waals surface area contributed by atoms with Crippen LogP contribution in [0.15, 0.2) is 54.9 Å². The first-order valence-electron chi connectivity index (χ1n) is 7.69. The van der Waals surface area contributed by atoms with Crippen molar-refractivity contribution in [3.05, 3.63) is 54.9 Å². The number of aromatic nitrogens is 2. The molecule has 1 aliphatic rings.